The minimum absolute atomic E-state index is 0.0619. The van der Waals surface area contributed by atoms with E-state index in [9.17, 15) is 18.4 Å². The Morgan fingerprint density at radius 2 is 1.59 bits per heavy atom. The number of carbonyl (C=O) groups is 2. The number of amidine groups is 1. The molecule has 3 aromatic carbocycles. The lowest BCUT2D eigenvalue weighted by atomic mass is 10.1. The number of halogens is 3. The molecule has 0 spiro atoms. The van der Waals surface area contributed by atoms with Crippen molar-refractivity contribution in [2.75, 3.05) is 11.9 Å². The molecule has 1 aliphatic heterocycles. The van der Waals surface area contributed by atoms with Gasteiger partial charge >= 0.3 is 0 Å². The molecule has 0 radical (unpaired) electrons. The van der Waals surface area contributed by atoms with E-state index in [-0.39, 0.29) is 24.1 Å². The highest BCUT2D eigenvalue weighted by Gasteiger charge is 2.39. The molecule has 1 fully saturated rings. The van der Waals surface area contributed by atoms with Crippen molar-refractivity contribution in [3.05, 3.63) is 95.0 Å². The van der Waals surface area contributed by atoms with E-state index < -0.39 is 11.1 Å². The number of hydrogen-bond donors (Lipinski definition) is 1. The first-order valence-electron chi connectivity index (χ1n) is 10.5. The summed E-state index contributed by atoms with van der Waals surface area (Å²) in [4.78, 5) is 31.9. The maximum Gasteiger partial charge on any atom is 0.242 e. The summed E-state index contributed by atoms with van der Waals surface area (Å²) in [6.07, 6.45) is 0.439. The van der Waals surface area contributed by atoms with Crippen LogP contribution in [-0.4, -0.2) is 33.7 Å². The van der Waals surface area contributed by atoms with E-state index in [1.165, 1.54) is 48.2 Å². The van der Waals surface area contributed by atoms with Crippen molar-refractivity contribution in [1.29, 1.82) is 0 Å². The standard InChI is InChI=1S/C25H20ClF2N3O2S/c26-17-3-9-21(10-4-17)30-25-31(14-13-16-1-5-18(27)6-2-16)24(33)22(34-25)15-23(32)29-20-11-7-19(28)8-12-20/h1-12,22H,13-15H2,(H,29,32)/t22-/m1/s1. The molecular weight excluding hydrogens is 480 g/mol. The van der Waals surface area contributed by atoms with Gasteiger partial charge in [-0.15, -0.1) is 0 Å². The predicted molar refractivity (Wildman–Crippen MR) is 131 cm³/mol. The average molecular weight is 500 g/mol. The molecule has 1 heterocycles. The van der Waals surface area contributed by atoms with Crippen molar-refractivity contribution in [2.24, 2.45) is 4.99 Å². The maximum atomic E-state index is 13.2. The second-order valence-electron chi connectivity index (χ2n) is 7.60. The summed E-state index contributed by atoms with van der Waals surface area (Å²) in [6, 6.07) is 18.4. The van der Waals surface area contributed by atoms with Crippen LogP contribution in [0.15, 0.2) is 77.8 Å². The molecule has 0 aromatic heterocycles. The highest BCUT2D eigenvalue weighted by molar-refractivity contribution is 8.15. The van der Waals surface area contributed by atoms with Crippen LogP contribution in [0.2, 0.25) is 5.02 Å². The van der Waals surface area contributed by atoms with Gasteiger partial charge in [0.25, 0.3) is 0 Å². The Morgan fingerprint density at radius 3 is 2.24 bits per heavy atom. The lowest BCUT2D eigenvalue weighted by molar-refractivity contribution is -0.128. The Hall–Kier alpha value is -3.23. The fourth-order valence-electron chi connectivity index (χ4n) is 3.36. The van der Waals surface area contributed by atoms with Crippen LogP contribution in [0, 0.1) is 11.6 Å². The number of rotatable bonds is 7. The van der Waals surface area contributed by atoms with Gasteiger partial charge in [-0.2, -0.15) is 0 Å². The molecule has 2 amide bonds. The number of thioether (sulfide) groups is 1. The van der Waals surface area contributed by atoms with Crippen LogP contribution in [0.25, 0.3) is 0 Å². The van der Waals surface area contributed by atoms with Crippen molar-refractivity contribution >= 4 is 51.7 Å². The summed E-state index contributed by atoms with van der Waals surface area (Å²) >= 11 is 7.17. The normalized spacial score (nSPS) is 16.8. The summed E-state index contributed by atoms with van der Waals surface area (Å²) in [5.41, 5.74) is 1.95. The van der Waals surface area contributed by atoms with Crippen molar-refractivity contribution in [3.8, 4) is 0 Å². The molecule has 174 valence electrons. The first-order chi connectivity index (χ1) is 16.4. The Morgan fingerprint density at radius 1 is 0.971 bits per heavy atom. The second-order valence-corrected chi connectivity index (χ2v) is 9.21. The van der Waals surface area contributed by atoms with Crippen molar-refractivity contribution < 1.29 is 18.4 Å². The number of carbonyl (C=O) groups excluding carboxylic acids is 2. The van der Waals surface area contributed by atoms with E-state index in [1.807, 2.05) is 0 Å². The van der Waals surface area contributed by atoms with Crippen LogP contribution in [0.3, 0.4) is 0 Å². The summed E-state index contributed by atoms with van der Waals surface area (Å²) in [5, 5.41) is 3.08. The van der Waals surface area contributed by atoms with Gasteiger partial charge in [0.05, 0.1) is 5.69 Å². The zero-order valence-corrected chi connectivity index (χ0v) is 19.5. The monoisotopic (exact) mass is 499 g/mol. The highest BCUT2D eigenvalue weighted by atomic mass is 35.5. The number of nitrogens with one attached hydrogen (secondary N) is 1. The van der Waals surface area contributed by atoms with E-state index >= 15 is 0 Å². The third-order valence-corrected chi connectivity index (χ3v) is 6.53. The first kappa shape index (κ1) is 23.9. The topological polar surface area (TPSA) is 61.8 Å². The maximum absolute atomic E-state index is 13.2. The number of aliphatic imine (C=N–C) groups is 1. The van der Waals surface area contributed by atoms with Gasteiger partial charge < -0.3 is 5.32 Å². The molecule has 4 rings (SSSR count). The molecule has 0 unspecified atom stereocenters. The van der Waals surface area contributed by atoms with Crippen LogP contribution >= 0.6 is 23.4 Å². The van der Waals surface area contributed by atoms with Crippen LogP contribution in [0.5, 0.6) is 0 Å². The van der Waals surface area contributed by atoms with Crippen molar-refractivity contribution in [3.63, 3.8) is 0 Å². The average Bonchev–Trinajstić information content (AvgIpc) is 3.10. The fourth-order valence-corrected chi connectivity index (χ4v) is 4.67. The largest absolute Gasteiger partial charge is 0.326 e. The number of nitrogens with zero attached hydrogens (tertiary/aromatic N) is 2. The Kier molecular flexibility index (Phi) is 7.59. The van der Waals surface area contributed by atoms with E-state index in [0.29, 0.717) is 34.5 Å². The summed E-state index contributed by atoms with van der Waals surface area (Å²) < 4.78 is 26.3. The third-order valence-electron chi connectivity index (χ3n) is 5.11. The van der Waals surface area contributed by atoms with Crippen LogP contribution in [0.4, 0.5) is 20.2 Å². The lowest BCUT2D eigenvalue weighted by Crippen LogP contribution is -2.35. The van der Waals surface area contributed by atoms with E-state index in [1.54, 1.807) is 41.3 Å². The molecule has 5 nitrogen and oxygen atoms in total. The number of benzene rings is 3. The fraction of sp³-hybridized carbons (Fsp3) is 0.160. The van der Waals surface area contributed by atoms with Gasteiger partial charge in [-0.25, -0.2) is 13.8 Å². The predicted octanol–water partition coefficient (Wildman–Crippen LogP) is 5.82. The SMILES string of the molecule is O=C(C[C@H]1SC(=Nc2ccc(Cl)cc2)N(CCc2ccc(F)cc2)C1=O)Nc1ccc(F)cc1. The number of anilines is 1. The zero-order valence-electron chi connectivity index (χ0n) is 17.9. The Bertz CT molecular complexity index is 1200. The molecule has 0 bridgehead atoms. The van der Waals surface area contributed by atoms with Crippen molar-refractivity contribution in [2.45, 2.75) is 18.1 Å². The first-order valence-corrected chi connectivity index (χ1v) is 11.8. The van der Waals surface area contributed by atoms with Gasteiger partial charge in [0, 0.05) is 23.7 Å². The van der Waals surface area contributed by atoms with Gasteiger partial charge in [0.1, 0.15) is 16.9 Å². The second kappa shape index (κ2) is 10.8. The minimum Gasteiger partial charge on any atom is -0.326 e. The van der Waals surface area contributed by atoms with E-state index in [0.717, 1.165) is 5.56 Å². The highest BCUT2D eigenvalue weighted by Crippen LogP contribution is 2.32. The van der Waals surface area contributed by atoms with Gasteiger partial charge in [-0.05, 0) is 72.6 Å². The summed E-state index contributed by atoms with van der Waals surface area (Å²) in [6.45, 7) is 0.333. The molecular formula is C25H20ClF2N3O2S. The van der Waals surface area contributed by atoms with Gasteiger partial charge in [-0.3, -0.25) is 14.5 Å². The quantitative estimate of drug-likeness (QED) is 0.445. The third kappa shape index (κ3) is 6.21. The number of amides is 2. The Balaban J connectivity index is 1.49. The minimum atomic E-state index is -0.653. The van der Waals surface area contributed by atoms with Crippen LogP contribution in [-0.2, 0) is 16.0 Å². The molecule has 0 saturated carbocycles. The van der Waals surface area contributed by atoms with Gasteiger partial charge in [0.2, 0.25) is 11.8 Å². The summed E-state index contributed by atoms with van der Waals surface area (Å²) in [7, 11) is 0. The van der Waals surface area contributed by atoms with Gasteiger partial charge in [-0.1, -0.05) is 35.5 Å². The molecule has 34 heavy (non-hydrogen) atoms. The van der Waals surface area contributed by atoms with Crippen molar-refractivity contribution in [1.82, 2.24) is 4.90 Å². The Labute approximate surface area is 204 Å². The molecule has 1 N–H and O–H groups in total. The zero-order chi connectivity index (χ0) is 24.1. The number of hydrogen-bond acceptors (Lipinski definition) is 4. The molecule has 0 aliphatic carbocycles. The molecule has 9 heteroatoms. The molecule has 1 atom stereocenters. The van der Waals surface area contributed by atoms with Crippen LogP contribution in [0.1, 0.15) is 12.0 Å². The van der Waals surface area contributed by atoms with Gasteiger partial charge in [0.15, 0.2) is 5.17 Å². The smallest absolute Gasteiger partial charge is 0.242 e. The summed E-state index contributed by atoms with van der Waals surface area (Å²) in [5.74, 6) is -1.31. The van der Waals surface area contributed by atoms with E-state index in [4.69, 9.17) is 11.6 Å². The lowest BCUT2D eigenvalue weighted by Gasteiger charge is -2.16. The molecule has 1 saturated heterocycles. The van der Waals surface area contributed by atoms with Crippen LogP contribution < -0.4 is 5.32 Å². The molecule has 3 aromatic rings. The van der Waals surface area contributed by atoms with E-state index in [2.05, 4.69) is 10.3 Å². The molecule has 1 aliphatic rings.